The molecule has 0 spiro atoms. The predicted molar refractivity (Wildman–Crippen MR) is 102 cm³/mol. The third-order valence-corrected chi connectivity index (χ3v) is 4.78. The van der Waals surface area contributed by atoms with E-state index in [1.54, 1.807) is 24.3 Å². The molecular weight excluding hydrogens is 347 g/mol. The van der Waals surface area contributed by atoms with Gasteiger partial charge in [0.05, 0.1) is 0 Å². The molecule has 0 fully saturated rings. The maximum atomic E-state index is 14.2. The maximum Gasteiger partial charge on any atom is 0.413 e. The molecule has 27 heavy (non-hydrogen) atoms. The van der Waals surface area contributed by atoms with Crippen molar-refractivity contribution >= 4 is 11.8 Å². The molecule has 4 heteroatoms. The van der Waals surface area contributed by atoms with Gasteiger partial charge in [-0.25, -0.2) is 0 Å². The second kappa shape index (κ2) is 6.95. The first kappa shape index (κ1) is 17.4. The van der Waals surface area contributed by atoms with Crippen molar-refractivity contribution in [3.63, 3.8) is 0 Å². The summed E-state index contributed by atoms with van der Waals surface area (Å²) in [6, 6.07) is 23.6. The van der Waals surface area contributed by atoms with E-state index in [9.17, 15) is 13.2 Å². The van der Waals surface area contributed by atoms with E-state index in [1.807, 2.05) is 66.7 Å². The van der Waals surface area contributed by atoms with Crippen molar-refractivity contribution in [3.8, 4) is 0 Å². The van der Waals surface area contributed by atoms with Crippen LogP contribution in [0, 0.1) is 0 Å². The van der Waals surface area contributed by atoms with Crippen LogP contribution in [0.1, 0.15) is 28.3 Å². The molecular formula is C23H18F3N. The molecule has 0 amide bonds. The first-order valence-corrected chi connectivity index (χ1v) is 8.77. The van der Waals surface area contributed by atoms with E-state index in [0.29, 0.717) is 16.8 Å². The number of rotatable bonds is 3. The summed E-state index contributed by atoms with van der Waals surface area (Å²) in [5, 5.41) is 0. The van der Waals surface area contributed by atoms with E-state index in [0.717, 1.165) is 11.1 Å². The molecule has 1 unspecified atom stereocenters. The minimum absolute atomic E-state index is 0.181. The van der Waals surface area contributed by atoms with E-state index in [-0.39, 0.29) is 6.54 Å². The van der Waals surface area contributed by atoms with Crippen LogP contribution >= 0.6 is 0 Å². The number of benzene rings is 3. The van der Waals surface area contributed by atoms with E-state index < -0.39 is 12.2 Å². The molecule has 3 aromatic carbocycles. The summed E-state index contributed by atoms with van der Waals surface area (Å²) >= 11 is 0. The van der Waals surface area contributed by atoms with Gasteiger partial charge in [0.1, 0.15) is 0 Å². The Morgan fingerprint density at radius 2 is 1.33 bits per heavy atom. The van der Waals surface area contributed by atoms with Crippen LogP contribution in [0.3, 0.4) is 0 Å². The molecule has 4 rings (SSSR count). The van der Waals surface area contributed by atoms with Crippen molar-refractivity contribution in [1.82, 2.24) is 4.90 Å². The fraction of sp³-hybridized carbons (Fsp3) is 0.130. The number of hydrogen-bond donors (Lipinski definition) is 0. The van der Waals surface area contributed by atoms with Crippen molar-refractivity contribution in [2.75, 3.05) is 0 Å². The first-order valence-electron chi connectivity index (χ1n) is 8.77. The van der Waals surface area contributed by atoms with Gasteiger partial charge in [-0.15, -0.1) is 0 Å². The summed E-state index contributed by atoms with van der Waals surface area (Å²) in [6.07, 6.45) is -2.53. The Kier molecular flexibility index (Phi) is 4.48. The Morgan fingerprint density at radius 3 is 2.00 bits per heavy atom. The van der Waals surface area contributed by atoms with Crippen molar-refractivity contribution in [1.29, 1.82) is 0 Å². The fourth-order valence-electron chi connectivity index (χ4n) is 3.60. The quantitative estimate of drug-likeness (QED) is 0.526. The Bertz CT molecular complexity index is 946. The van der Waals surface area contributed by atoms with Gasteiger partial charge in [-0.3, -0.25) is 0 Å². The van der Waals surface area contributed by atoms with Gasteiger partial charge in [0.15, 0.2) is 6.04 Å². The van der Waals surface area contributed by atoms with Crippen molar-refractivity contribution < 1.29 is 13.2 Å². The van der Waals surface area contributed by atoms with Crippen LogP contribution in [0.2, 0.25) is 0 Å². The van der Waals surface area contributed by atoms with Crippen molar-refractivity contribution in [3.05, 3.63) is 107 Å². The van der Waals surface area contributed by atoms with Gasteiger partial charge in [-0.05, 0) is 28.3 Å². The Balaban J connectivity index is 1.89. The minimum atomic E-state index is -4.39. The molecule has 1 nitrogen and oxygen atoms in total. The second-order valence-corrected chi connectivity index (χ2v) is 6.58. The summed E-state index contributed by atoms with van der Waals surface area (Å²) in [5.41, 5.74) is 3.11. The summed E-state index contributed by atoms with van der Waals surface area (Å²) in [7, 11) is 0. The highest BCUT2D eigenvalue weighted by atomic mass is 19.4. The van der Waals surface area contributed by atoms with Gasteiger partial charge in [0, 0.05) is 12.2 Å². The minimum Gasteiger partial charge on any atom is -0.351 e. The number of hydrogen-bond acceptors (Lipinski definition) is 1. The molecule has 136 valence electrons. The van der Waals surface area contributed by atoms with Crippen LogP contribution in [-0.2, 0) is 6.54 Å². The zero-order chi connectivity index (χ0) is 18.9. The molecule has 0 radical (unpaired) electrons. The van der Waals surface area contributed by atoms with Crippen LogP contribution in [-0.4, -0.2) is 11.1 Å². The largest absolute Gasteiger partial charge is 0.413 e. The Hall–Kier alpha value is -3.01. The highest BCUT2D eigenvalue weighted by Crippen LogP contribution is 2.47. The smallest absolute Gasteiger partial charge is 0.351 e. The summed E-state index contributed by atoms with van der Waals surface area (Å²) in [6.45, 7) is 0.181. The number of alkyl halides is 3. The lowest BCUT2D eigenvalue weighted by Gasteiger charge is -2.40. The van der Waals surface area contributed by atoms with Crippen molar-refractivity contribution in [2.24, 2.45) is 0 Å². The van der Waals surface area contributed by atoms with Crippen LogP contribution < -0.4 is 0 Å². The van der Waals surface area contributed by atoms with E-state index in [2.05, 4.69) is 0 Å². The SMILES string of the molecule is FC(F)(F)C1c2ccccc2C=C(c2ccccc2)N1Cc1ccccc1. The normalized spacial score (nSPS) is 16.6. The number of halogens is 3. The van der Waals surface area contributed by atoms with E-state index in [1.165, 1.54) is 4.90 Å². The lowest BCUT2D eigenvalue weighted by Crippen LogP contribution is -2.39. The zero-order valence-electron chi connectivity index (χ0n) is 14.5. The number of nitrogens with zero attached hydrogens (tertiary/aromatic N) is 1. The lowest BCUT2D eigenvalue weighted by molar-refractivity contribution is -0.179. The average Bonchev–Trinajstić information content (AvgIpc) is 2.68. The molecule has 0 bridgehead atoms. The van der Waals surface area contributed by atoms with E-state index >= 15 is 0 Å². The third-order valence-electron chi connectivity index (χ3n) is 4.78. The molecule has 0 aromatic heterocycles. The molecule has 0 saturated carbocycles. The van der Waals surface area contributed by atoms with Crippen LogP contribution in [0.4, 0.5) is 13.2 Å². The van der Waals surface area contributed by atoms with Crippen LogP contribution in [0.15, 0.2) is 84.9 Å². The van der Waals surface area contributed by atoms with Gasteiger partial charge in [0.25, 0.3) is 0 Å². The average molecular weight is 365 g/mol. The molecule has 1 atom stereocenters. The summed E-state index contributed by atoms with van der Waals surface area (Å²) < 4.78 is 42.6. The highest BCUT2D eigenvalue weighted by molar-refractivity contribution is 5.84. The monoisotopic (exact) mass is 365 g/mol. The summed E-state index contributed by atoms with van der Waals surface area (Å²) in [4.78, 5) is 1.47. The van der Waals surface area contributed by atoms with E-state index in [4.69, 9.17) is 0 Å². The lowest BCUT2D eigenvalue weighted by atomic mass is 9.91. The highest BCUT2D eigenvalue weighted by Gasteiger charge is 2.47. The molecule has 0 N–H and O–H groups in total. The molecule has 1 heterocycles. The standard InChI is InChI=1S/C23H18F3N/c24-23(25,26)22-20-14-8-7-13-19(20)15-21(18-11-5-2-6-12-18)27(22)16-17-9-3-1-4-10-17/h1-15,22H,16H2. The third kappa shape index (κ3) is 3.47. The topological polar surface area (TPSA) is 3.24 Å². The molecule has 1 aliphatic rings. The van der Waals surface area contributed by atoms with Gasteiger partial charge in [-0.1, -0.05) is 84.9 Å². The van der Waals surface area contributed by atoms with Gasteiger partial charge in [0.2, 0.25) is 0 Å². The molecule has 3 aromatic rings. The Morgan fingerprint density at radius 1 is 0.741 bits per heavy atom. The fourth-order valence-corrected chi connectivity index (χ4v) is 3.60. The van der Waals surface area contributed by atoms with Crippen LogP contribution in [0.5, 0.6) is 0 Å². The molecule has 1 aliphatic heterocycles. The van der Waals surface area contributed by atoms with Gasteiger partial charge in [-0.2, -0.15) is 13.2 Å². The van der Waals surface area contributed by atoms with Crippen LogP contribution in [0.25, 0.3) is 11.8 Å². The van der Waals surface area contributed by atoms with Crippen molar-refractivity contribution in [2.45, 2.75) is 18.8 Å². The molecule has 0 saturated heterocycles. The first-order chi connectivity index (χ1) is 13.0. The predicted octanol–water partition coefficient (Wildman–Crippen LogP) is 6.30. The Labute approximate surface area is 156 Å². The summed E-state index contributed by atoms with van der Waals surface area (Å²) in [5.74, 6) is 0. The van der Waals surface area contributed by atoms with Gasteiger partial charge < -0.3 is 4.90 Å². The maximum absolute atomic E-state index is 14.2. The van der Waals surface area contributed by atoms with Gasteiger partial charge >= 0.3 is 6.18 Å². The zero-order valence-corrected chi connectivity index (χ0v) is 14.5. The second-order valence-electron chi connectivity index (χ2n) is 6.58. The number of fused-ring (bicyclic) bond motifs is 1. The molecule has 0 aliphatic carbocycles.